The van der Waals surface area contributed by atoms with E-state index < -0.39 is 0 Å². The zero-order chi connectivity index (χ0) is 85.9. The average molecular weight is 1730 g/mol. The summed E-state index contributed by atoms with van der Waals surface area (Å²) in [5.74, 6) is 0.784. The van der Waals surface area contributed by atoms with Gasteiger partial charge in [-0.25, -0.2) is 29.9 Å². The van der Waals surface area contributed by atoms with Crippen molar-refractivity contribution in [3.05, 3.63) is 413 Å². The molecule has 15 heteroatoms. The van der Waals surface area contributed by atoms with Crippen LogP contribution in [0.1, 0.15) is 14.9 Å². The Morgan fingerprint density at radius 3 is 1.01 bits per heavy atom. The number of benzene rings is 17. The number of rotatable bonds is 9. The molecule has 0 aliphatic rings. The van der Waals surface area contributed by atoms with Crippen molar-refractivity contribution in [1.29, 1.82) is 0 Å². The number of thiophene rings is 1. The zero-order valence-corrected chi connectivity index (χ0v) is 70.6. The zero-order valence-electron chi connectivity index (χ0n) is 69.8. The molecule has 0 unspecified atom stereocenters. The monoisotopic (exact) mass is 1730 g/mol. The Kier molecular flexibility index (Phi) is 18.2. The number of hydrogen-bond acceptors (Lipinski definition) is 11. The molecule has 133 heavy (non-hydrogen) atoms. The van der Waals surface area contributed by atoms with Gasteiger partial charge >= 0.3 is 0 Å². The van der Waals surface area contributed by atoms with Crippen molar-refractivity contribution in [3.63, 3.8) is 0 Å². The van der Waals surface area contributed by atoms with Crippen molar-refractivity contribution in [2.75, 3.05) is 0 Å². The van der Waals surface area contributed by atoms with E-state index in [2.05, 4.69) is 334 Å². The van der Waals surface area contributed by atoms with Gasteiger partial charge in [-0.05, 0) is 131 Å². The molecule has 0 saturated heterocycles. The lowest BCUT2D eigenvalue weighted by Crippen LogP contribution is -2.04. The van der Waals surface area contributed by atoms with Crippen molar-refractivity contribution in [3.8, 4) is 95.9 Å². The van der Waals surface area contributed by atoms with E-state index >= 15 is 0 Å². The average Bonchev–Trinajstić information content (AvgIpc) is 1.58. The first-order chi connectivity index (χ1) is 64.9. The van der Waals surface area contributed by atoms with Gasteiger partial charge in [0, 0.05) is 137 Å². The molecule has 12 aromatic heterocycles. The van der Waals surface area contributed by atoms with Crippen LogP contribution in [0.5, 0.6) is 0 Å². The number of nitrogens with zero attached hydrogens (tertiary/aromatic N) is 10. The number of imidazole rings is 3. The Labute approximate surface area is 763 Å². The first-order valence-corrected chi connectivity index (χ1v) is 44.4. The van der Waals surface area contributed by atoms with E-state index in [1.165, 1.54) is 52.5 Å². The molecule has 29 aromatic rings. The smallest absolute Gasteiger partial charge is 0.182 e. The summed E-state index contributed by atoms with van der Waals surface area (Å²) in [5, 5.41) is 18.5. The molecule has 0 radical (unpaired) electrons. The van der Waals surface area contributed by atoms with Crippen LogP contribution >= 0.6 is 11.3 Å². The van der Waals surface area contributed by atoms with Crippen LogP contribution < -0.4 is 0 Å². The van der Waals surface area contributed by atoms with Gasteiger partial charge in [0.2, 0.25) is 0 Å². The van der Waals surface area contributed by atoms with E-state index in [-0.39, 0.29) is 14.9 Å². The Hall–Kier alpha value is -17.7. The van der Waals surface area contributed by atoms with Gasteiger partial charge < -0.3 is 17.7 Å². The van der Waals surface area contributed by atoms with Gasteiger partial charge in [-0.2, -0.15) is 0 Å². The van der Waals surface area contributed by atoms with Crippen molar-refractivity contribution < 1.29 is 17.7 Å². The Morgan fingerprint density at radius 1 is 0.218 bits per heavy atom. The maximum atomic E-state index is 6.27. The quantitative estimate of drug-likeness (QED) is 0.137. The predicted octanol–water partition coefficient (Wildman–Crippen LogP) is 32.2. The summed E-state index contributed by atoms with van der Waals surface area (Å²) in [5.41, 5.74) is 26.9. The first kappa shape index (κ1) is 77.7. The molecule has 0 saturated carbocycles. The van der Waals surface area contributed by atoms with E-state index in [1.54, 1.807) is 0 Å². The first-order valence-electron chi connectivity index (χ1n) is 43.6. The third-order valence-corrected chi connectivity index (χ3v) is 26.9. The highest BCUT2D eigenvalue weighted by atomic mass is 32.1. The van der Waals surface area contributed by atoms with Crippen LogP contribution in [0.4, 0.5) is 0 Å². The van der Waals surface area contributed by atoms with Crippen LogP contribution in [0.2, 0.25) is 0 Å². The van der Waals surface area contributed by atoms with Gasteiger partial charge in [-0.3, -0.25) is 17.8 Å². The van der Waals surface area contributed by atoms with Gasteiger partial charge in [0.25, 0.3) is 0 Å². The fourth-order valence-electron chi connectivity index (χ4n) is 19.4. The highest BCUT2D eigenvalue weighted by Crippen LogP contribution is 2.44. The van der Waals surface area contributed by atoms with Crippen molar-refractivity contribution in [2.45, 2.75) is 14.9 Å². The summed E-state index contributed by atoms with van der Waals surface area (Å²) >= 11 is 1.82. The molecule has 12 heterocycles. The van der Waals surface area contributed by atoms with E-state index in [0.717, 1.165) is 212 Å². The van der Waals surface area contributed by atoms with Crippen molar-refractivity contribution >= 4 is 180 Å². The molecule has 0 aliphatic carbocycles. The van der Waals surface area contributed by atoms with E-state index in [0.29, 0.717) is 0 Å². The Morgan fingerprint density at radius 2 is 0.541 bits per heavy atom. The number of aromatic nitrogens is 10. The third kappa shape index (κ3) is 12.8. The van der Waals surface area contributed by atoms with E-state index in [1.807, 2.05) is 109 Å². The van der Waals surface area contributed by atoms with Crippen molar-refractivity contribution in [1.82, 2.24) is 47.7 Å². The number of hydrogen-bond donors (Lipinski definition) is 0. The van der Waals surface area contributed by atoms with Crippen LogP contribution in [0.15, 0.2) is 431 Å². The summed E-state index contributed by atoms with van der Waals surface area (Å²) in [6.07, 6.45) is 12.1. The van der Waals surface area contributed by atoms with Crippen LogP contribution in [-0.2, 0) is 0 Å². The van der Waals surface area contributed by atoms with E-state index in [9.17, 15) is 0 Å². The lowest BCUT2D eigenvalue weighted by Gasteiger charge is -2.12. The molecule has 14 nitrogen and oxygen atoms in total. The molecule has 0 spiro atoms. The summed E-state index contributed by atoms with van der Waals surface area (Å²) in [4.78, 5) is 30.7. The fraction of sp³-hybridized carbons (Fsp3) is 0.0169. The maximum Gasteiger partial charge on any atom is 0.182 e. The SMILES string of the molecule is C.C.c1ccc(-c2cnc3c(-n4c5ccccc5c5ccccc54)nc(-c4ccc5c(c4)oc4ccccc45)cn23)cc1.c1ccc2cc(-c3cnc4c(-c5ccc6c(c5)oc5ccccc56)nc(-c5ccc6c(c5)oc5ccccc56)cn34)ccc2c1.c1ccc2cc(-c3cnc4c(-c5ccc6c(c5)sc5ccccc56)nc(-c5ccc6c(c5)oc5ccccc56)cn34)ccc2c1. The normalized spacial score (nSPS) is 11.8. The minimum Gasteiger partial charge on any atom is -0.456 e. The molecule has 0 fully saturated rings. The van der Waals surface area contributed by atoms with Crippen LogP contribution in [-0.4, -0.2) is 47.7 Å². The second kappa shape index (κ2) is 31.1. The predicted molar refractivity (Wildman–Crippen MR) is 547 cm³/mol. The number of fused-ring (bicyclic) bond motifs is 23. The second-order valence-corrected chi connectivity index (χ2v) is 34.4. The minimum atomic E-state index is 0. The van der Waals surface area contributed by atoms with Crippen LogP contribution in [0.25, 0.3) is 264 Å². The lowest BCUT2D eigenvalue weighted by atomic mass is 10.0. The van der Waals surface area contributed by atoms with Gasteiger partial charge in [-0.1, -0.05) is 282 Å². The molecule has 0 N–H and O–H groups in total. The molecule has 0 atom stereocenters. The van der Waals surface area contributed by atoms with Gasteiger partial charge in [0.1, 0.15) is 56.1 Å². The summed E-state index contributed by atoms with van der Waals surface area (Å²) in [6.45, 7) is 0. The van der Waals surface area contributed by atoms with Crippen molar-refractivity contribution in [2.24, 2.45) is 0 Å². The minimum absolute atomic E-state index is 0. The highest BCUT2D eigenvalue weighted by Gasteiger charge is 2.25. The summed E-state index contributed by atoms with van der Waals surface area (Å²) < 4.78 is 36.3. The van der Waals surface area contributed by atoms with Gasteiger partial charge in [0.05, 0.1) is 63.8 Å². The Bertz CT molecular complexity index is 9320. The maximum absolute atomic E-state index is 6.27. The molecular formula is C118H76N10O4S. The molecule has 0 amide bonds. The summed E-state index contributed by atoms with van der Waals surface area (Å²) in [7, 11) is 0. The second-order valence-electron chi connectivity index (χ2n) is 33.3. The topological polar surface area (TPSA) is 148 Å². The van der Waals surface area contributed by atoms with Crippen LogP contribution in [0.3, 0.4) is 0 Å². The molecule has 628 valence electrons. The number of furan rings is 4. The molecule has 29 rings (SSSR count). The largest absolute Gasteiger partial charge is 0.456 e. The van der Waals surface area contributed by atoms with Crippen LogP contribution in [0, 0.1) is 0 Å². The Balaban J connectivity index is 0.000000106. The summed E-state index contributed by atoms with van der Waals surface area (Å²) in [6, 6.07) is 131. The standard InChI is InChI=1S/C40H23N3O2.C40H23N3OS.C36H22N4O.2CH4/c1-2-8-25-19-27(14-13-24(25)7-1)34-22-41-40-39(28-16-18-32-30-10-4-6-12-36(30)45-38(32)21-28)42-33(23-43(34)40)26-15-17-31-29-9-3-5-11-35(29)44-37(31)20-26;1-2-8-25-19-27(14-13-24(25)7-1)34-22-41-40-39(28-16-18-32-31-10-4-6-12-37(31)45-38(32)21-28)42-33(23-43(34)40)26-15-17-30-29-9-3-5-11-35(29)44-36(30)20-26;1-2-10-23(11-3-1)32-21-37-35-36(40-30-15-7-4-12-25(30)26-13-5-8-16-31(26)40)38-29(22-39(32)35)24-18-19-28-27-14-6-9-17-33(27)41-34(28)20-24;;/h2*1-23H;1-22H;2*1H4. The fourth-order valence-corrected chi connectivity index (χ4v) is 20.5. The molecule has 17 aromatic carbocycles. The van der Waals surface area contributed by atoms with Gasteiger partial charge in [-0.15, -0.1) is 11.3 Å². The third-order valence-electron chi connectivity index (χ3n) is 25.7. The molecular weight excluding hydrogens is 1650 g/mol. The molecule has 0 aliphatic heterocycles. The number of para-hydroxylation sites is 6. The van der Waals surface area contributed by atoms with E-state index in [4.69, 9.17) is 47.6 Å². The molecule has 0 bridgehead atoms. The van der Waals surface area contributed by atoms with Gasteiger partial charge in [0.15, 0.2) is 22.8 Å². The lowest BCUT2D eigenvalue weighted by molar-refractivity contribution is 0.668. The highest BCUT2D eigenvalue weighted by molar-refractivity contribution is 7.25.